The van der Waals surface area contributed by atoms with Crippen LogP contribution in [-0.4, -0.2) is 31.3 Å². The zero-order chi connectivity index (χ0) is 28.3. The van der Waals surface area contributed by atoms with Gasteiger partial charge in [-0.15, -0.1) is 0 Å². The van der Waals surface area contributed by atoms with E-state index >= 15 is 0 Å². The van der Waals surface area contributed by atoms with Crippen LogP contribution in [0.15, 0.2) is 99.5 Å². The molecule has 3 aromatic carbocycles. The predicted molar refractivity (Wildman–Crippen MR) is 161 cm³/mol. The number of aromatic nitrogens is 1. The lowest BCUT2D eigenvalue weighted by molar-refractivity contribution is -0.384. The van der Waals surface area contributed by atoms with Crippen molar-refractivity contribution in [2.75, 3.05) is 0 Å². The summed E-state index contributed by atoms with van der Waals surface area (Å²) in [4.78, 5) is 24.3. The lowest BCUT2D eigenvalue weighted by Gasteiger charge is -2.45. The first kappa shape index (κ1) is 25.9. The average molecular weight is 649 g/mol. The molecular formula is C29H19BrClN5O4S. The fraction of sp³-hybridized carbons (Fsp3) is 0.103. The molecule has 204 valence electrons. The van der Waals surface area contributed by atoms with Crippen LogP contribution in [0.5, 0.6) is 5.75 Å². The molecule has 2 unspecified atom stereocenters. The van der Waals surface area contributed by atoms with Crippen molar-refractivity contribution < 1.29 is 14.5 Å². The normalized spacial score (nSPS) is 21.9. The number of nitrogens with zero attached hydrogens (tertiary/aromatic N) is 4. The molecule has 0 saturated carbocycles. The number of non-ortho nitro benzene ring substituents is 1. The summed E-state index contributed by atoms with van der Waals surface area (Å²) in [7, 11) is 0. The monoisotopic (exact) mass is 647 g/mol. The summed E-state index contributed by atoms with van der Waals surface area (Å²) in [6, 6.07) is 23.2. The van der Waals surface area contributed by atoms with Crippen LogP contribution >= 0.6 is 39.3 Å². The van der Waals surface area contributed by atoms with Crippen LogP contribution in [0.1, 0.15) is 29.3 Å². The number of thioether (sulfide) groups is 1. The Bertz CT molecular complexity index is 1790. The predicted octanol–water partition coefficient (Wildman–Crippen LogP) is 7.50. The Kier molecular flexibility index (Phi) is 6.18. The first-order valence-electron chi connectivity index (χ1n) is 12.6. The van der Waals surface area contributed by atoms with Crippen LogP contribution in [0.4, 0.5) is 10.5 Å². The summed E-state index contributed by atoms with van der Waals surface area (Å²) in [5.41, 5.74) is 4.26. The lowest BCUT2D eigenvalue weighted by Crippen LogP contribution is -2.61. The number of halogens is 2. The van der Waals surface area contributed by atoms with Gasteiger partial charge in [0.1, 0.15) is 5.75 Å². The van der Waals surface area contributed by atoms with Crippen molar-refractivity contribution in [3.63, 3.8) is 0 Å². The van der Waals surface area contributed by atoms with Gasteiger partial charge in [-0.25, -0.2) is 5.01 Å². The molecule has 9 nitrogen and oxygen atoms in total. The minimum Gasteiger partial charge on any atom is -0.444 e. The van der Waals surface area contributed by atoms with Crippen LogP contribution in [0.2, 0.25) is 5.02 Å². The fourth-order valence-electron chi connectivity index (χ4n) is 5.32. The number of amides is 1. The van der Waals surface area contributed by atoms with Crippen LogP contribution in [0, 0.1) is 10.1 Å². The van der Waals surface area contributed by atoms with Crippen molar-refractivity contribution in [3.8, 4) is 11.4 Å². The molecule has 7 rings (SSSR count). The molecule has 2 atom stereocenters. The summed E-state index contributed by atoms with van der Waals surface area (Å²) >= 11 is 10.8. The summed E-state index contributed by atoms with van der Waals surface area (Å²) < 4.78 is 9.45. The Balaban J connectivity index is 1.35. The molecule has 0 aliphatic carbocycles. The Hall–Kier alpha value is -4.06. The van der Waals surface area contributed by atoms with E-state index in [1.165, 1.54) is 12.1 Å². The molecule has 4 aromatic rings. The van der Waals surface area contributed by atoms with E-state index in [2.05, 4.69) is 21.2 Å². The van der Waals surface area contributed by atoms with E-state index < -0.39 is 10.8 Å². The van der Waals surface area contributed by atoms with E-state index in [1.807, 2.05) is 76.4 Å². The second-order valence-corrected chi connectivity index (χ2v) is 12.0. The van der Waals surface area contributed by atoms with Gasteiger partial charge < -0.3 is 9.30 Å². The molecule has 1 spiro atoms. The van der Waals surface area contributed by atoms with Gasteiger partial charge in [0.2, 0.25) is 0 Å². The molecule has 1 N–H and O–H groups in total. The quantitative estimate of drug-likeness (QED) is 0.182. The second kappa shape index (κ2) is 9.79. The summed E-state index contributed by atoms with van der Waals surface area (Å²) in [5, 5.41) is 21.4. The van der Waals surface area contributed by atoms with E-state index in [4.69, 9.17) is 21.4 Å². The molecule has 0 bridgehead atoms. The maximum Gasteiger partial charge on any atom is 0.314 e. The minimum atomic E-state index is -1.37. The molecule has 1 saturated heterocycles. The fourth-order valence-corrected chi connectivity index (χ4v) is 6.72. The van der Waals surface area contributed by atoms with Crippen molar-refractivity contribution in [1.82, 2.24) is 14.9 Å². The van der Waals surface area contributed by atoms with Gasteiger partial charge in [0.15, 0.2) is 0 Å². The number of nitrogens with one attached hydrogen (secondary N) is 1. The Morgan fingerprint density at radius 3 is 2.68 bits per heavy atom. The Labute approximate surface area is 251 Å². The zero-order valence-electron chi connectivity index (χ0n) is 21.0. The molecule has 12 heteroatoms. The van der Waals surface area contributed by atoms with E-state index in [0.29, 0.717) is 22.1 Å². The largest absolute Gasteiger partial charge is 0.444 e. The molecule has 4 heterocycles. The molecule has 3 aliphatic rings. The number of fused-ring (bicyclic) bond motifs is 4. The lowest BCUT2D eigenvalue weighted by atomic mass is 9.96. The topological polar surface area (TPSA) is 102 Å². The Morgan fingerprint density at radius 1 is 1.15 bits per heavy atom. The van der Waals surface area contributed by atoms with Crippen molar-refractivity contribution in [1.29, 1.82) is 0 Å². The number of nitro groups is 1. The van der Waals surface area contributed by atoms with E-state index in [0.717, 1.165) is 44.5 Å². The van der Waals surface area contributed by atoms with Crippen molar-refractivity contribution >= 4 is 62.0 Å². The van der Waals surface area contributed by atoms with E-state index in [-0.39, 0.29) is 17.0 Å². The first-order valence-corrected chi connectivity index (χ1v) is 14.5. The van der Waals surface area contributed by atoms with Gasteiger partial charge in [-0.2, -0.15) is 5.10 Å². The standard InChI is InChI=1S/C29H19BrClN5O4S/c30-18-5-12-26-23(14-18)25-16-24(17-3-6-19(31)7-4-17)33-35(25)29(40-26)27(41-28(37)32-29)15-22-2-1-13-34(22)20-8-10-21(11-9-20)36(38)39/h1-15,25H,16H2,(H,32,37). The number of ether oxygens (including phenoxy) is 1. The number of hydrogen-bond donors (Lipinski definition) is 1. The molecule has 41 heavy (non-hydrogen) atoms. The van der Waals surface area contributed by atoms with Crippen LogP contribution < -0.4 is 10.1 Å². The van der Waals surface area contributed by atoms with Crippen LogP contribution in [-0.2, 0) is 0 Å². The number of benzene rings is 3. The van der Waals surface area contributed by atoms with Crippen LogP contribution in [0.3, 0.4) is 0 Å². The maximum absolute atomic E-state index is 13.0. The van der Waals surface area contributed by atoms with Crippen molar-refractivity contribution in [2.24, 2.45) is 5.10 Å². The second-order valence-electron chi connectivity index (χ2n) is 9.65. The highest BCUT2D eigenvalue weighted by molar-refractivity contribution is 9.10. The summed E-state index contributed by atoms with van der Waals surface area (Å²) in [6.45, 7) is 0. The van der Waals surface area contributed by atoms with E-state index in [9.17, 15) is 14.9 Å². The zero-order valence-corrected chi connectivity index (χ0v) is 24.2. The maximum atomic E-state index is 13.0. The highest BCUT2D eigenvalue weighted by atomic mass is 79.9. The number of carbonyl (C=O) groups excluding carboxylic acids is 1. The van der Waals surface area contributed by atoms with Crippen molar-refractivity contribution in [3.05, 3.63) is 126 Å². The van der Waals surface area contributed by atoms with Gasteiger partial charge in [0, 0.05) is 51.2 Å². The minimum absolute atomic E-state index is 0.0104. The summed E-state index contributed by atoms with van der Waals surface area (Å²) in [5.74, 6) is -0.715. The molecule has 1 fully saturated rings. The molecule has 3 aliphatic heterocycles. The summed E-state index contributed by atoms with van der Waals surface area (Å²) in [6.07, 6.45) is 4.35. The molecule has 1 aromatic heterocycles. The van der Waals surface area contributed by atoms with Gasteiger partial charge in [-0.1, -0.05) is 39.7 Å². The average Bonchev–Trinajstić information content (AvgIpc) is 3.68. The molecular weight excluding hydrogens is 630 g/mol. The highest BCUT2D eigenvalue weighted by Crippen LogP contribution is 2.53. The molecule has 0 radical (unpaired) electrons. The van der Waals surface area contributed by atoms with Gasteiger partial charge in [0.25, 0.3) is 10.9 Å². The third-order valence-electron chi connectivity index (χ3n) is 7.21. The number of rotatable bonds is 4. The first-order chi connectivity index (χ1) is 19.8. The SMILES string of the molecule is O=C1NC2(Oc3ccc(Br)cc3C3CC(c4ccc(Cl)cc4)=NN32)C(=Cc2cccn2-c2ccc([N+](=O)[O-])cc2)S1. The van der Waals surface area contributed by atoms with Gasteiger partial charge in [-0.3, -0.25) is 20.2 Å². The number of nitro benzene ring substituents is 1. The van der Waals surface area contributed by atoms with Crippen molar-refractivity contribution in [2.45, 2.75) is 18.3 Å². The number of hydrazone groups is 1. The number of carbonyl (C=O) groups is 1. The van der Waals surface area contributed by atoms with Gasteiger partial charge in [-0.05, 0) is 78.0 Å². The Morgan fingerprint density at radius 2 is 1.93 bits per heavy atom. The smallest absolute Gasteiger partial charge is 0.314 e. The third kappa shape index (κ3) is 4.41. The van der Waals surface area contributed by atoms with Gasteiger partial charge >= 0.3 is 5.85 Å². The number of hydrogen-bond acceptors (Lipinski definition) is 7. The van der Waals surface area contributed by atoms with Gasteiger partial charge in [0.05, 0.1) is 21.6 Å². The van der Waals surface area contributed by atoms with Crippen LogP contribution in [0.25, 0.3) is 11.8 Å². The third-order valence-corrected chi connectivity index (χ3v) is 8.85. The highest BCUT2D eigenvalue weighted by Gasteiger charge is 2.58. The van der Waals surface area contributed by atoms with E-state index in [1.54, 1.807) is 12.1 Å². The molecule has 1 amide bonds.